The van der Waals surface area contributed by atoms with Gasteiger partial charge in [0, 0.05) is 6.20 Å². The summed E-state index contributed by atoms with van der Waals surface area (Å²) in [6, 6.07) is 3.45. The monoisotopic (exact) mass is 210 g/mol. The van der Waals surface area contributed by atoms with Crippen molar-refractivity contribution in [3.05, 3.63) is 35.1 Å². The van der Waals surface area contributed by atoms with Crippen LogP contribution in [0, 0.1) is 0 Å². The van der Waals surface area contributed by atoms with Crippen LogP contribution in [0.15, 0.2) is 24.5 Å². The van der Waals surface area contributed by atoms with Crippen LogP contribution < -0.4 is 0 Å². The summed E-state index contributed by atoms with van der Waals surface area (Å²) in [5.41, 5.74) is 0.944. The molecule has 0 amide bonds. The lowest BCUT2D eigenvalue weighted by Crippen LogP contribution is -2.00. The molecule has 0 aliphatic rings. The highest BCUT2D eigenvalue weighted by Gasteiger charge is 2.14. The fourth-order valence-electron chi connectivity index (χ4n) is 1.26. The van der Waals surface area contributed by atoms with Gasteiger partial charge in [-0.1, -0.05) is 11.6 Å². The molecule has 0 aliphatic carbocycles. The number of aromatic nitrogens is 2. The molecule has 0 saturated carbocycles. The van der Waals surface area contributed by atoms with Crippen molar-refractivity contribution in [2.75, 3.05) is 7.11 Å². The van der Waals surface area contributed by atoms with E-state index in [4.69, 9.17) is 11.6 Å². The summed E-state index contributed by atoms with van der Waals surface area (Å²) >= 11 is 5.94. The third-order valence-corrected chi connectivity index (χ3v) is 2.20. The quantitative estimate of drug-likeness (QED) is 0.674. The summed E-state index contributed by atoms with van der Waals surface area (Å²) in [5.74, 6) is -0.437. The first-order valence-corrected chi connectivity index (χ1v) is 4.32. The van der Waals surface area contributed by atoms with Crippen LogP contribution in [0.3, 0.4) is 0 Å². The molecule has 0 fully saturated rings. The topological polar surface area (TPSA) is 43.6 Å². The van der Waals surface area contributed by atoms with Gasteiger partial charge in [0.15, 0.2) is 0 Å². The average molecular weight is 211 g/mol. The second kappa shape index (κ2) is 3.31. The summed E-state index contributed by atoms with van der Waals surface area (Å²) in [6.07, 6.45) is 3.15. The van der Waals surface area contributed by atoms with Crippen molar-refractivity contribution in [2.24, 2.45) is 0 Å². The van der Waals surface area contributed by atoms with Crippen LogP contribution in [0.25, 0.3) is 5.52 Å². The zero-order chi connectivity index (χ0) is 10.1. The first-order valence-electron chi connectivity index (χ1n) is 3.94. The van der Waals surface area contributed by atoms with E-state index in [-0.39, 0.29) is 0 Å². The van der Waals surface area contributed by atoms with E-state index in [0.717, 1.165) is 0 Å². The van der Waals surface area contributed by atoms with Gasteiger partial charge in [0.1, 0.15) is 5.56 Å². The summed E-state index contributed by atoms with van der Waals surface area (Å²) in [5, 5.41) is 4.46. The van der Waals surface area contributed by atoms with Crippen LogP contribution in [0.5, 0.6) is 0 Å². The van der Waals surface area contributed by atoms with Gasteiger partial charge in [-0.2, -0.15) is 5.10 Å². The molecule has 0 atom stereocenters. The summed E-state index contributed by atoms with van der Waals surface area (Å²) < 4.78 is 6.14. The Hall–Kier alpha value is -1.55. The van der Waals surface area contributed by atoms with E-state index < -0.39 is 5.97 Å². The fraction of sp³-hybridized carbons (Fsp3) is 0.111. The molecular weight excluding hydrogens is 204 g/mol. The van der Waals surface area contributed by atoms with Gasteiger partial charge in [0.2, 0.25) is 0 Å². The molecule has 14 heavy (non-hydrogen) atoms. The van der Waals surface area contributed by atoms with Gasteiger partial charge < -0.3 is 4.74 Å². The highest BCUT2D eigenvalue weighted by Crippen LogP contribution is 2.20. The minimum atomic E-state index is -0.437. The van der Waals surface area contributed by atoms with Gasteiger partial charge in [-0.05, 0) is 12.1 Å². The lowest BCUT2D eigenvalue weighted by molar-refractivity contribution is 0.0603. The number of halogens is 1. The second-order valence-electron chi connectivity index (χ2n) is 2.70. The number of esters is 1. The normalized spacial score (nSPS) is 10.4. The van der Waals surface area contributed by atoms with Crippen LogP contribution in [0.1, 0.15) is 10.4 Å². The Balaban J connectivity index is 2.73. The molecule has 2 heterocycles. The molecule has 2 aromatic heterocycles. The van der Waals surface area contributed by atoms with Crippen molar-refractivity contribution in [1.82, 2.24) is 9.61 Å². The number of nitrogens with zero attached hydrogens (tertiary/aromatic N) is 2. The molecular formula is C9H7ClN2O2. The molecule has 0 aromatic carbocycles. The third-order valence-electron chi connectivity index (χ3n) is 1.90. The number of pyridine rings is 1. The number of hydrogen-bond donors (Lipinski definition) is 0. The van der Waals surface area contributed by atoms with Gasteiger partial charge in [-0.25, -0.2) is 9.31 Å². The van der Waals surface area contributed by atoms with Crippen molar-refractivity contribution >= 4 is 23.1 Å². The van der Waals surface area contributed by atoms with Crippen molar-refractivity contribution < 1.29 is 9.53 Å². The molecule has 0 N–H and O–H groups in total. The molecule has 0 spiro atoms. The largest absolute Gasteiger partial charge is 0.465 e. The van der Waals surface area contributed by atoms with Crippen molar-refractivity contribution in [3.63, 3.8) is 0 Å². The fourth-order valence-corrected chi connectivity index (χ4v) is 1.52. The van der Waals surface area contributed by atoms with Crippen LogP contribution in [-0.2, 0) is 4.74 Å². The average Bonchev–Trinajstić information content (AvgIpc) is 2.62. The van der Waals surface area contributed by atoms with E-state index in [1.807, 2.05) is 0 Å². The predicted octanol–water partition coefficient (Wildman–Crippen LogP) is 1.77. The van der Waals surface area contributed by atoms with Crippen LogP contribution in [0.4, 0.5) is 0 Å². The molecule has 72 valence electrons. The number of carbonyl (C=O) groups is 1. The molecule has 0 bridgehead atoms. The van der Waals surface area contributed by atoms with E-state index in [2.05, 4.69) is 9.84 Å². The van der Waals surface area contributed by atoms with Gasteiger partial charge >= 0.3 is 5.97 Å². The lowest BCUT2D eigenvalue weighted by atomic mass is 10.2. The Morgan fingerprint density at radius 1 is 1.64 bits per heavy atom. The minimum Gasteiger partial charge on any atom is -0.465 e. The van der Waals surface area contributed by atoms with Crippen molar-refractivity contribution in [3.8, 4) is 0 Å². The van der Waals surface area contributed by atoms with E-state index in [0.29, 0.717) is 16.1 Å². The van der Waals surface area contributed by atoms with E-state index >= 15 is 0 Å². The molecule has 0 saturated heterocycles. The Morgan fingerprint density at radius 3 is 3.14 bits per heavy atom. The second-order valence-corrected chi connectivity index (χ2v) is 3.11. The summed E-state index contributed by atoms with van der Waals surface area (Å²) in [6.45, 7) is 0. The van der Waals surface area contributed by atoms with Gasteiger partial charge in [0.25, 0.3) is 0 Å². The maximum absolute atomic E-state index is 11.3. The maximum Gasteiger partial charge on any atom is 0.341 e. The van der Waals surface area contributed by atoms with Gasteiger partial charge in [-0.15, -0.1) is 0 Å². The molecule has 0 aliphatic heterocycles. The number of ether oxygens (including phenoxy) is 1. The smallest absolute Gasteiger partial charge is 0.341 e. The van der Waals surface area contributed by atoms with E-state index in [9.17, 15) is 4.79 Å². The SMILES string of the molecule is COC(=O)c1cnn2cccc(Cl)c12. The van der Waals surface area contributed by atoms with E-state index in [1.54, 1.807) is 18.3 Å². The molecule has 0 unspecified atom stereocenters. The maximum atomic E-state index is 11.3. The van der Waals surface area contributed by atoms with Crippen LogP contribution in [-0.4, -0.2) is 22.7 Å². The molecule has 2 rings (SSSR count). The molecule has 0 radical (unpaired) electrons. The molecule has 2 aromatic rings. The van der Waals surface area contributed by atoms with Crippen LogP contribution in [0.2, 0.25) is 5.02 Å². The van der Waals surface area contributed by atoms with Crippen molar-refractivity contribution in [2.45, 2.75) is 0 Å². The zero-order valence-corrected chi connectivity index (χ0v) is 8.15. The predicted molar refractivity (Wildman–Crippen MR) is 51.5 cm³/mol. The highest BCUT2D eigenvalue weighted by atomic mass is 35.5. The van der Waals surface area contributed by atoms with Gasteiger partial charge in [0.05, 0.1) is 23.8 Å². The zero-order valence-electron chi connectivity index (χ0n) is 7.40. The standard InChI is InChI=1S/C9H7ClN2O2/c1-14-9(13)6-5-11-12-4-2-3-7(10)8(6)12/h2-5H,1H3. The number of methoxy groups -OCH3 is 1. The minimum absolute atomic E-state index is 0.373. The molecule has 5 heteroatoms. The highest BCUT2D eigenvalue weighted by molar-refractivity contribution is 6.34. The number of fused-ring (bicyclic) bond motifs is 1. The first kappa shape index (κ1) is 9.02. The van der Waals surface area contributed by atoms with Crippen LogP contribution >= 0.6 is 11.6 Å². The summed E-state index contributed by atoms with van der Waals surface area (Å²) in [4.78, 5) is 11.3. The van der Waals surface area contributed by atoms with E-state index in [1.165, 1.54) is 17.8 Å². The molecule has 4 nitrogen and oxygen atoms in total. The van der Waals surface area contributed by atoms with Gasteiger partial charge in [-0.3, -0.25) is 0 Å². The number of carbonyl (C=O) groups excluding carboxylic acids is 1. The van der Waals surface area contributed by atoms with Crippen molar-refractivity contribution in [1.29, 1.82) is 0 Å². The third kappa shape index (κ3) is 1.24. The Labute approximate surface area is 85.0 Å². The summed E-state index contributed by atoms with van der Waals surface area (Å²) in [7, 11) is 1.32. The number of hydrogen-bond acceptors (Lipinski definition) is 3. The first-order chi connectivity index (χ1) is 6.74. The Bertz CT molecular complexity index is 493. The Kier molecular flexibility index (Phi) is 2.13. The Morgan fingerprint density at radius 2 is 2.43 bits per heavy atom. The number of rotatable bonds is 1. The lowest BCUT2D eigenvalue weighted by Gasteiger charge is -1.98.